The highest BCUT2D eigenvalue weighted by molar-refractivity contribution is 5.53. The van der Waals surface area contributed by atoms with Gasteiger partial charge in [-0.15, -0.1) is 0 Å². The van der Waals surface area contributed by atoms with Gasteiger partial charge in [0.15, 0.2) is 0 Å². The van der Waals surface area contributed by atoms with Gasteiger partial charge in [0.1, 0.15) is 0 Å². The zero-order valence-corrected chi connectivity index (χ0v) is 9.57. The molecule has 0 aliphatic heterocycles. The van der Waals surface area contributed by atoms with Crippen molar-refractivity contribution in [2.45, 2.75) is 19.8 Å². The number of rotatable bonds is 8. The SMILES string of the molecule is CC(CC=N)CCOC/C(=C/N)N(C)N. The smallest absolute Gasteiger partial charge is 0.0892 e. The Morgan fingerprint density at radius 2 is 2.27 bits per heavy atom. The minimum absolute atomic E-state index is 0.431. The van der Waals surface area contributed by atoms with Crippen molar-refractivity contribution in [1.82, 2.24) is 5.01 Å². The number of hydrazine groups is 1. The van der Waals surface area contributed by atoms with Gasteiger partial charge in [0.2, 0.25) is 0 Å². The van der Waals surface area contributed by atoms with E-state index in [1.54, 1.807) is 7.05 Å². The Morgan fingerprint density at radius 3 is 2.73 bits per heavy atom. The van der Waals surface area contributed by atoms with Crippen LogP contribution in [-0.4, -0.2) is 31.5 Å². The van der Waals surface area contributed by atoms with Crippen LogP contribution in [0.15, 0.2) is 11.9 Å². The standard InChI is InChI=1S/C10H22N4O/c1-9(3-5-11)4-6-15-8-10(7-12)14(2)13/h5,7,9,11H,3-4,6,8,12-13H2,1-2H3/b10-7-,11-5?. The molecule has 88 valence electrons. The molecule has 5 N–H and O–H groups in total. The van der Waals surface area contributed by atoms with Gasteiger partial charge in [0.25, 0.3) is 0 Å². The molecule has 0 radical (unpaired) electrons. The second kappa shape index (κ2) is 8.26. The Kier molecular flexibility index (Phi) is 7.67. The predicted molar refractivity (Wildman–Crippen MR) is 62.2 cm³/mol. The summed E-state index contributed by atoms with van der Waals surface area (Å²) in [6.45, 7) is 3.20. The van der Waals surface area contributed by atoms with Gasteiger partial charge in [-0.3, -0.25) is 0 Å². The zero-order valence-electron chi connectivity index (χ0n) is 9.57. The summed E-state index contributed by atoms with van der Waals surface area (Å²) in [5, 5.41) is 8.40. The van der Waals surface area contributed by atoms with Crippen LogP contribution in [0.3, 0.4) is 0 Å². The minimum Gasteiger partial charge on any atom is -0.403 e. The van der Waals surface area contributed by atoms with E-state index in [0.717, 1.165) is 18.5 Å². The lowest BCUT2D eigenvalue weighted by molar-refractivity contribution is 0.126. The van der Waals surface area contributed by atoms with Crippen LogP contribution in [0.4, 0.5) is 0 Å². The number of hydrogen-bond donors (Lipinski definition) is 3. The van der Waals surface area contributed by atoms with Crippen molar-refractivity contribution in [2.75, 3.05) is 20.3 Å². The van der Waals surface area contributed by atoms with Gasteiger partial charge < -0.3 is 20.9 Å². The predicted octanol–water partition coefficient (Wildman–Crippen LogP) is 0.674. The fourth-order valence-corrected chi connectivity index (χ4v) is 1.05. The van der Waals surface area contributed by atoms with E-state index in [4.69, 9.17) is 21.7 Å². The van der Waals surface area contributed by atoms with Crippen LogP contribution in [0, 0.1) is 11.3 Å². The fraction of sp³-hybridized carbons (Fsp3) is 0.700. The molecular weight excluding hydrogens is 192 g/mol. The molecule has 0 heterocycles. The summed E-state index contributed by atoms with van der Waals surface area (Å²) in [5.41, 5.74) is 6.13. The van der Waals surface area contributed by atoms with Gasteiger partial charge in [-0.2, -0.15) is 0 Å². The molecule has 1 unspecified atom stereocenters. The third-order valence-electron chi connectivity index (χ3n) is 2.17. The number of nitrogens with two attached hydrogens (primary N) is 2. The lowest BCUT2D eigenvalue weighted by Crippen LogP contribution is -2.28. The van der Waals surface area contributed by atoms with Gasteiger partial charge in [-0.1, -0.05) is 6.92 Å². The van der Waals surface area contributed by atoms with Crippen molar-refractivity contribution < 1.29 is 4.74 Å². The molecule has 0 aliphatic rings. The molecule has 0 fully saturated rings. The third kappa shape index (κ3) is 6.93. The summed E-state index contributed by atoms with van der Waals surface area (Å²) in [7, 11) is 1.72. The van der Waals surface area contributed by atoms with Crippen molar-refractivity contribution in [3.63, 3.8) is 0 Å². The van der Waals surface area contributed by atoms with Crippen LogP contribution in [0.5, 0.6) is 0 Å². The maximum Gasteiger partial charge on any atom is 0.0892 e. The summed E-state index contributed by atoms with van der Waals surface area (Å²) >= 11 is 0. The molecule has 0 aromatic carbocycles. The first-order chi connectivity index (χ1) is 7.11. The van der Waals surface area contributed by atoms with E-state index in [-0.39, 0.29) is 0 Å². The molecule has 0 amide bonds. The largest absolute Gasteiger partial charge is 0.403 e. The first kappa shape index (κ1) is 13.9. The Bertz CT molecular complexity index is 204. The third-order valence-corrected chi connectivity index (χ3v) is 2.17. The van der Waals surface area contributed by atoms with E-state index in [1.165, 1.54) is 17.4 Å². The Balaban J connectivity index is 3.57. The van der Waals surface area contributed by atoms with E-state index in [1.807, 2.05) is 0 Å². The highest BCUT2D eigenvalue weighted by Crippen LogP contribution is 2.05. The van der Waals surface area contributed by atoms with Gasteiger partial charge in [0, 0.05) is 19.9 Å². The van der Waals surface area contributed by atoms with E-state index < -0.39 is 0 Å². The lowest BCUT2D eigenvalue weighted by Gasteiger charge is -2.16. The van der Waals surface area contributed by atoms with Crippen LogP contribution < -0.4 is 11.6 Å². The quantitative estimate of drug-likeness (QED) is 0.240. The first-order valence-corrected chi connectivity index (χ1v) is 5.07. The number of nitrogens with zero attached hydrogens (tertiary/aromatic N) is 1. The minimum atomic E-state index is 0.431. The topological polar surface area (TPSA) is 88.4 Å². The number of likely N-dealkylation sites (N-methyl/N-ethyl adjacent to an activating group) is 1. The molecule has 0 rings (SSSR count). The van der Waals surface area contributed by atoms with Crippen molar-refractivity contribution in [1.29, 1.82) is 5.41 Å². The van der Waals surface area contributed by atoms with Crippen molar-refractivity contribution >= 4 is 6.21 Å². The van der Waals surface area contributed by atoms with Crippen molar-refractivity contribution in [3.8, 4) is 0 Å². The molecule has 15 heavy (non-hydrogen) atoms. The molecule has 0 spiro atoms. The number of nitrogens with one attached hydrogen (secondary N) is 1. The summed E-state index contributed by atoms with van der Waals surface area (Å²) in [6, 6.07) is 0. The summed E-state index contributed by atoms with van der Waals surface area (Å²) < 4.78 is 5.42. The molecule has 0 saturated heterocycles. The molecule has 1 atom stereocenters. The van der Waals surface area contributed by atoms with E-state index in [0.29, 0.717) is 19.1 Å². The van der Waals surface area contributed by atoms with Gasteiger partial charge in [-0.25, -0.2) is 5.84 Å². The normalized spacial score (nSPS) is 13.7. The van der Waals surface area contributed by atoms with E-state index in [9.17, 15) is 0 Å². The second-order valence-electron chi connectivity index (χ2n) is 3.66. The highest BCUT2D eigenvalue weighted by Gasteiger charge is 2.02. The average Bonchev–Trinajstić information content (AvgIpc) is 2.17. The van der Waals surface area contributed by atoms with Crippen LogP contribution in [-0.2, 0) is 4.74 Å². The summed E-state index contributed by atoms with van der Waals surface area (Å²) in [6.07, 6.45) is 4.63. The van der Waals surface area contributed by atoms with Gasteiger partial charge in [-0.05, 0) is 25.0 Å². The summed E-state index contributed by atoms with van der Waals surface area (Å²) in [4.78, 5) is 0. The first-order valence-electron chi connectivity index (χ1n) is 5.07. The average molecular weight is 214 g/mol. The second-order valence-corrected chi connectivity index (χ2v) is 3.66. The van der Waals surface area contributed by atoms with Crippen LogP contribution in [0.25, 0.3) is 0 Å². The van der Waals surface area contributed by atoms with Crippen LogP contribution >= 0.6 is 0 Å². The number of hydrogen-bond acceptors (Lipinski definition) is 5. The maximum absolute atomic E-state index is 6.95. The molecule has 0 aromatic rings. The summed E-state index contributed by atoms with van der Waals surface area (Å²) in [5.74, 6) is 6.00. The lowest BCUT2D eigenvalue weighted by atomic mass is 10.1. The molecule has 0 bridgehead atoms. The van der Waals surface area contributed by atoms with Crippen molar-refractivity contribution in [2.24, 2.45) is 17.5 Å². The molecule has 5 heteroatoms. The number of ether oxygens (including phenoxy) is 1. The van der Waals surface area contributed by atoms with Crippen LogP contribution in [0.2, 0.25) is 0 Å². The monoisotopic (exact) mass is 214 g/mol. The highest BCUT2D eigenvalue weighted by atomic mass is 16.5. The molecule has 0 aromatic heterocycles. The fourth-order valence-electron chi connectivity index (χ4n) is 1.05. The van der Waals surface area contributed by atoms with Crippen LogP contribution in [0.1, 0.15) is 19.8 Å². The zero-order chi connectivity index (χ0) is 11.7. The molecular formula is C10H22N4O. The van der Waals surface area contributed by atoms with E-state index >= 15 is 0 Å². The Labute approximate surface area is 91.5 Å². The van der Waals surface area contributed by atoms with Crippen molar-refractivity contribution in [3.05, 3.63) is 11.9 Å². The van der Waals surface area contributed by atoms with Gasteiger partial charge in [0.05, 0.1) is 12.3 Å². The maximum atomic E-state index is 6.95. The van der Waals surface area contributed by atoms with Gasteiger partial charge >= 0.3 is 0 Å². The van der Waals surface area contributed by atoms with E-state index in [2.05, 4.69) is 6.92 Å². The molecule has 0 aliphatic carbocycles. The Morgan fingerprint density at radius 1 is 1.60 bits per heavy atom. The Hall–Kier alpha value is -1.07. The molecule has 5 nitrogen and oxygen atoms in total. The molecule has 0 saturated carbocycles.